The fraction of sp³-hybridized carbons (Fsp3) is 0.368. The number of fused-ring (bicyclic) bond motifs is 1. The van der Waals surface area contributed by atoms with Gasteiger partial charge >= 0.3 is 0 Å². The van der Waals surface area contributed by atoms with Gasteiger partial charge in [-0.2, -0.15) is 0 Å². The molecule has 7 nitrogen and oxygen atoms in total. The molecule has 0 saturated carbocycles. The molecule has 0 spiro atoms. The van der Waals surface area contributed by atoms with Gasteiger partial charge < -0.3 is 14.5 Å². The normalized spacial score (nSPS) is 23.3. The first-order valence-corrected chi connectivity index (χ1v) is 8.73. The molecule has 7 heteroatoms. The lowest BCUT2D eigenvalue weighted by Gasteiger charge is -2.38. The molecule has 3 heterocycles. The predicted molar refractivity (Wildman–Crippen MR) is 94.6 cm³/mol. The number of rotatable bonds is 2. The molecular formula is C19H20N4O3. The van der Waals surface area contributed by atoms with Crippen LogP contribution in [-0.4, -0.2) is 59.0 Å². The maximum atomic E-state index is 12.7. The number of ether oxygens (including phenoxy) is 1. The molecule has 0 bridgehead atoms. The third-order valence-corrected chi connectivity index (χ3v) is 4.97. The van der Waals surface area contributed by atoms with Crippen LogP contribution in [0.15, 0.2) is 49.1 Å². The van der Waals surface area contributed by atoms with E-state index in [9.17, 15) is 9.59 Å². The molecule has 26 heavy (non-hydrogen) atoms. The van der Waals surface area contributed by atoms with Gasteiger partial charge in [0.25, 0.3) is 11.8 Å². The summed E-state index contributed by atoms with van der Waals surface area (Å²) >= 11 is 0. The number of piperidine rings is 1. The van der Waals surface area contributed by atoms with E-state index in [1.54, 1.807) is 4.90 Å². The summed E-state index contributed by atoms with van der Waals surface area (Å²) in [5.74, 6) is -0.0465. The average Bonchev–Trinajstić information content (AvgIpc) is 2.87. The summed E-state index contributed by atoms with van der Waals surface area (Å²) < 4.78 is 5.85. The number of hydrogen-bond acceptors (Lipinski definition) is 5. The van der Waals surface area contributed by atoms with E-state index in [4.69, 9.17) is 4.74 Å². The minimum absolute atomic E-state index is 0.0104. The third kappa shape index (κ3) is 3.30. The van der Waals surface area contributed by atoms with Crippen molar-refractivity contribution in [2.24, 2.45) is 5.92 Å². The minimum Gasteiger partial charge on any atom is -0.368 e. The second-order valence-electron chi connectivity index (χ2n) is 6.62. The monoisotopic (exact) mass is 352 g/mol. The molecule has 1 aromatic carbocycles. The van der Waals surface area contributed by atoms with Crippen LogP contribution >= 0.6 is 0 Å². The number of aromatic nitrogens is 2. The summed E-state index contributed by atoms with van der Waals surface area (Å²) in [6.07, 6.45) is 5.19. The Bertz CT molecular complexity index is 784. The van der Waals surface area contributed by atoms with Crippen molar-refractivity contribution in [3.63, 3.8) is 0 Å². The minimum atomic E-state index is -0.0779. The van der Waals surface area contributed by atoms with Gasteiger partial charge in [0.2, 0.25) is 0 Å². The lowest BCUT2D eigenvalue weighted by molar-refractivity contribution is -0.124. The van der Waals surface area contributed by atoms with Crippen LogP contribution in [0.1, 0.15) is 16.8 Å². The molecule has 134 valence electrons. The lowest BCUT2D eigenvalue weighted by atomic mass is 9.93. The molecule has 1 aromatic heterocycles. The smallest absolute Gasteiger partial charge is 0.257 e. The Labute approximate surface area is 151 Å². The molecule has 2 aliphatic rings. The number of amides is 2. The fourth-order valence-electron chi connectivity index (χ4n) is 3.63. The second-order valence-corrected chi connectivity index (χ2v) is 6.62. The van der Waals surface area contributed by atoms with E-state index in [1.807, 2.05) is 35.2 Å². The summed E-state index contributed by atoms with van der Waals surface area (Å²) in [4.78, 5) is 36.6. The first kappa shape index (κ1) is 16.7. The van der Waals surface area contributed by atoms with Crippen molar-refractivity contribution in [3.05, 3.63) is 54.6 Å². The number of anilines is 1. The van der Waals surface area contributed by atoms with Crippen LogP contribution in [0.4, 0.5) is 5.69 Å². The quantitative estimate of drug-likeness (QED) is 0.816. The molecule has 0 N–H and O–H groups in total. The van der Waals surface area contributed by atoms with E-state index in [0.29, 0.717) is 25.2 Å². The van der Waals surface area contributed by atoms with Gasteiger partial charge in [-0.05, 0) is 18.6 Å². The molecule has 4 rings (SSSR count). The van der Waals surface area contributed by atoms with E-state index >= 15 is 0 Å². The van der Waals surface area contributed by atoms with Gasteiger partial charge in [-0.3, -0.25) is 9.59 Å². The topological polar surface area (TPSA) is 75.6 Å². The average molecular weight is 352 g/mol. The lowest BCUT2D eigenvalue weighted by Crippen LogP contribution is -2.49. The van der Waals surface area contributed by atoms with Gasteiger partial charge in [0, 0.05) is 43.6 Å². The highest BCUT2D eigenvalue weighted by Crippen LogP contribution is 2.27. The fourth-order valence-corrected chi connectivity index (χ4v) is 3.63. The van der Waals surface area contributed by atoms with Crippen LogP contribution in [0.2, 0.25) is 0 Å². The van der Waals surface area contributed by atoms with E-state index in [1.165, 1.54) is 18.7 Å². The molecule has 0 radical (unpaired) electrons. The number of carbonyl (C=O) groups excluding carboxylic acids is 2. The van der Waals surface area contributed by atoms with Crippen LogP contribution in [-0.2, 0) is 9.53 Å². The Morgan fingerprint density at radius 2 is 1.88 bits per heavy atom. The third-order valence-electron chi connectivity index (χ3n) is 4.97. The van der Waals surface area contributed by atoms with Gasteiger partial charge in [-0.1, -0.05) is 18.2 Å². The Hall–Kier alpha value is -2.80. The first-order chi connectivity index (χ1) is 12.7. The number of benzene rings is 1. The molecule has 2 aliphatic heterocycles. The number of hydrogen-bond donors (Lipinski definition) is 0. The van der Waals surface area contributed by atoms with Crippen LogP contribution in [0.5, 0.6) is 0 Å². The van der Waals surface area contributed by atoms with E-state index in [0.717, 1.165) is 12.1 Å². The van der Waals surface area contributed by atoms with Crippen LogP contribution in [0.3, 0.4) is 0 Å². The van der Waals surface area contributed by atoms with Crippen molar-refractivity contribution in [1.82, 2.24) is 14.9 Å². The standard InChI is InChI=1S/C19H20N4O3/c24-18-12-26-17-6-7-22(19(25)14-8-20-13-21-9-14)10-15(17)11-23(18)16-4-2-1-3-5-16/h1-5,8-9,13,15,17H,6-7,10-12H2/t15-,17+/m1/s1. The van der Waals surface area contributed by atoms with E-state index in [2.05, 4.69) is 9.97 Å². The van der Waals surface area contributed by atoms with Gasteiger partial charge in [-0.15, -0.1) is 0 Å². The zero-order valence-corrected chi connectivity index (χ0v) is 14.3. The molecular weight excluding hydrogens is 332 g/mol. The molecule has 2 amide bonds. The van der Waals surface area contributed by atoms with Crippen molar-refractivity contribution in [3.8, 4) is 0 Å². The van der Waals surface area contributed by atoms with Crippen molar-refractivity contribution in [2.75, 3.05) is 31.1 Å². The molecule has 0 aliphatic carbocycles. The van der Waals surface area contributed by atoms with Crippen molar-refractivity contribution in [1.29, 1.82) is 0 Å². The zero-order valence-electron chi connectivity index (χ0n) is 14.3. The molecule has 0 unspecified atom stereocenters. The highest BCUT2D eigenvalue weighted by molar-refractivity contribution is 5.95. The van der Waals surface area contributed by atoms with Crippen LogP contribution < -0.4 is 4.90 Å². The number of likely N-dealkylation sites (tertiary alicyclic amines) is 1. The maximum absolute atomic E-state index is 12.7. The second kappa shape index (κ2) is 7.21. The van der Waals surface area contributed by atoms with Crippen LogP contribution in [0, 0.1) is 5.92 Å². The molecule has 2 fully saturated rings. The maximum Gasteiger partial charge on any atom is 0.257 e. The summed E-state index contributed by atoms with van der Waals surface area (Å²) in [5, 5.41) is 0. The summed E-state index contributed by atoms with van der Waals surface area (Å²) in [7, 11) is 0. The highest BCUT2D eigenvalue weighted by Gasteiger charge is 2.37. The van der Waals surface area contributed by atoms with E-state index in [-0.39, 0.29) is 30.4 Å². The van der Waals surface area contributed by atoms with E-state index < -0.39 is 0 Å². The summed E-state index contributed by atoms with van der Waals surface area (Å²) in [6.45, 7) is 1.78. The van der Waals surface area contributed by atoms with Crippen molar-refractivity contribution >= 4 is 17.5 Å². The van der Waals surface area contributed by atoms with Gasteiger partial charge in [-0.25, -0.2) is 9.97 Å². The molecule has 2 saturated heterocycles. The largest absolute Gasteiger partial charge is 0.368 e. The Morgan fingerprint density at radius 3 is 2.65 bits per heavy atom. The SMILES string of the molecule is O=C(c1cncnc1)N1CC[C@@H]2OCC(=O)N(c3ccccc3)C[C@H]2C1. The number of para-hydroxylation sites is 1. The summed E-state index contributed by atoms with van der Waals surface area (Å²) in [6, 6.07) is 9.60. The van der Waals surface area contributed by atoms with Gasteiger partial charge in [0.05, 0.1) is 11.7 Å². The number of nitrogens with zero attached hydrogens (tertiary/aromatic N) is 4. The zero-order chi connectivity index (χ0) is 17.9. The molecule has 2 aromatic rings. The molecule has 2 atom stereocenters. The summed E-state index contributed by atoms with van der Waals surface area (Å²) in [5.41, 5.74) is 1.35. The Morgan fingerprint density at radius 1 is 1.12 bits per heavy atom. The predicted octanol–water partition coefficient (Wildman–Crippen LogP) is 1.37. The Balaban J connectivity index is 1.52. The van der Waals surface area contributed by atoms with Gasteiger partial charge in [0.1, 0.15) is 12.9 Å². The highest BCUT2D eigenvalue weighted by atomic mass is 16.5. The Kier molecular flexibility index (Phi) is 4.62. The first-order valence-electron chi connectivity index (χ1n) is 8.73. The van der Waals surface area contributed by atoms with Crippen LogP contribution in [0.25, 0.3) is 0 Å². The van der Waals surface area contributed by atoms with Crippen molar-refractivity contribution < 1.29 is 14.3 Å². The number of carbonyl (C=O) groups is 2. The van der Waals surface area contributed by atoms with Gasteiger partial charge in [0.15, 0.2) is 0 Å². The van der Waals surface area contributed by atoms with Crippen molar-refractivity contribution in [2.45, 2.75) is 12.5 Å².